The van der Waals surface area contributed by atoms with E-state index in [-0.39, 0.29) is 5.91 Å². The summed E-state index contributed by atoms with van der Waals surface area (Å²) in [7, 11) is 0. The van der Waals surface area contributed by atoms with Crippen LogP contribution in [0.3, 0.4) is 0 Å². The minimum atomic E-state index is 0.207. The first-order valence-corrected chi connectivity index (χ1v) is 12.1. The number of morpholine rings is 1. The summed E-state index contributed by atoms with van der Waals surface area (Å²) < 4.78 is 7.77. The molecule has 2 fully saturated rings. The van der Waals surface area contributed by atoms with E-state index in [9.17, 15) is 4.79 Å². The second-order valence-corrected chi connectivity index (χ2v) is 9.95. The predicted octanol–water partition coefficient (Wildman–Crippen LogP) is 4.03. The summed E-state index contributed by atoms with van der Waals surface area (Å²) in [6.45, 7) is 13.2. The fourth-order valence-electron chi connectivity index (χ4n) is 5.19. The molecule has 32 heavy (non-hydrogen) atoms. The first kappa shape index (κ1) is 23.3. The molecule has 1 amide bonds. The molecule has 4 rings (SSSR count). The van der Waals surface area contributed by atoms with Gasteiger partial charge < -0.3 is 9.64 Å². The van der Waals surface area contributed by atoms with Gasteiger partial charge in [-0.3, -0.25) is 9.69 Å². The minimum Gasteiger partial charge on any atom is -0.373 e. The minimum absolute atomic E-state index is 0.207. The molecule has 3 heterocycles. The molecular formula is C25H35ClN4O2. The maximum absolute atomic E-state index is 13.1. The van der Waals surface area contributed by atoms with Crippen LogP contribution in [0.5, 0.6) is 0 Å². The topological polar surface area (TPSA) is 50.6 Å². The Hall–Kier alpha value is -1.89. The van der Waals surface area contributed by atoms with Crippen LogP contribution in [0.1, 0.15) is 43.6 Å². The van der Waals surface area contributed by atoms with Crippen molar-refractivity contribution in [1.29, 1.82) is 0 Å². The van der Waals surface area contributed by atoms with Crippen LogP contribution in [0.4, 0.5) is 0 Å². The molecule has 2 unspecified atom stereocenters. The fraction of sp³-hybridized carbons (Fsp3) is 0.600. The lowest BCUT2D eigenvalue weighted by Gasteiger charge is -2.39. The number of carbonyl (C=O) groups is 1. The maximum atomic E-state index is 13.1. The van der Waals surface area contributed by atoms with E-state index < -0.39 is 0 Å². The molecule has 0 spiro atoms. The smallest absolute Gasteiger partial charge is 0.227 e. The zero-order chi connectivity index (χ0) is 22.8. The molecule has 6 nitrogen and oxygen atoms in total. The Morgan fingerprint density at radius 1 is 1.09 bits per heavy atom. The van der Waals surface area contributed by atoms with E-state index in [4.69, 9.17) is 16.3 Å². The second kappa shape index (κ2) is 9.94. The molecular weight excluding hydrogens is 424 g/mol. The molecule has 0 saturated carbocycles. The molecule has 2 atom stereocenters. The van der Waals surface area contributed by atoms with Gasteiger partial charge in [-0.15, -0.1) is 0 Å². The number of halogens is 1. The summed E-state index contributed by atoms with van der Waals surface area (Å²) in [5.41, 5.74) is 3.92. The van der Waals surface area contributed by atoms with Crippen LogP contribution in [-0.2, 0) is 16.0 Å². The Balaban J connectivity index is 1.33. The van der Waals surface area contributed by atoms with E-state index in [2.05, 4.69) is 23.8 Å². The summed E-state index contributed by atoms with van der Waals surface area (Å²) in [4.78, 5) is 17.7. The third kappa shape index (κ3) is 5.36. The van der Waals surface area contributed by atoms with Crippen molar-refractivity contribution in [1.82, 2.24) is 19.6 Å². The van der Waals surface area contributed by atoms with E-state index in [0.29, 0.717) is 29.6 Å². The summed E-state index contributed by atoms with van der Waals surface area (Å²) in [5, 5.41) is 5.39. The van der Waals surface area contributed by atoms with E-state index in [1.54, 1.807) is 0 Å². The number of nitrogens with zero attached hydrogens (tertiary/aromatic N) is 4. The Bertz CT molecular complexity index is 924. The summed E-state index contributed by atoms with van der Waals surface area (Å²) in [6.07, 6.45) is 3.18. The largest absolute Gasteiger partial charge is 0.373 e. The van der Waals surface area contributed by atoms with Crippen LogP contribution in [0.15, 0.2) is 24.3 Å². The summed E-state index contributed by atoms with van der Waals surface area (Å²) >= 11 is 6.02. The number of benzene rings is 1. The third-order valence-electron chi connectivity index (χ3n) is 6.82. The molecule has 1 aromatic heterocycles. The number of rotatable bonds is 5. The average Bonchev–Trinajstić information content (AvgIpc) is 3.02. The SMILES string of the molecule is Cc1nn(-c2ccc(Cl)cc2)c(C)c1CC(=O)N1CCC(CN2CC(C)OC(C)C2)CC1. The number of aryl methyl sites for hydroxylation is 1. The van der Waals surface area contributed by atoms with Gasteiger partial charge in [0.2, 0.25) is 5.91 Å². The van der Waals surface area contributed by atoms with Crippen LogP contribution in [-0.4, -0.2) is 70.4 Å². The highest BCUT2D eigenvalue weighted by Crippen LogP contribution is 2.24. The Morgan fingerprint density at radius 2 is 1.72 bits per heavy atom. The molecule has 0 aliphatic carbocycles. The highest BCUT2D eigenvalue weighted by atomic mass is 35.5. The van der Waals surface area contributed by atoms with E-state index >= 15 is 0 Å². The van der Waals surface area contributed by atoms with Crippen LogP contribution < -0.4 is 0 Å². The molecule has 2 saturated heterocycles. The highest BCUT2D eigenvalue weighted by Gasteiger charge is 2.28. The van der Waals surface area contributed by atoms with E-state index in [0.717, 1.165) is 68.2 Å². The monoisotopic (exact) mass is 458 g/mol. The molecule has 0 bridgehead atoms. The van der Waals surface area contributed by atoms with Crippen molar-refractivity contribution in [2.24, 2.45) is 5.92 Å². The van der Waals surface area contributed by atoms with Crippen molar-refractivity contribution in [3.05, 3.63) is 46.2 Å². The molecule has 0 N–H and O–H groups in total. The molecule has 1 aromatic carbocycles. The number of hydrogen-bond donors (Lipinski definition) is 0. The van der Waals surface area contributed by atoms with Crippen molar-refractivity contribution in [2.45, 2.75) is 59.2 Å². The number of likely N-dealkylation sites (tertiary alicyclic amines) is 1. The zero-order valence-corrected chi connectivity index (χ0v) is 20.4. The van der Waals surface area contributed by atoms with Gasteiger partial charge in [-0.25, -0.2) is 4.68 Å². The van der Waals surface area contributed by atoms with E-state index in [1.807, 2.05) is 47.7 Å². The molecule has 2 aliphatic rings. The lowest BCUT2D eigenvalue weighted by Crippen LogP contribution is -2.48. The molecule has 0 radical (unpaired) electrons. The van der Waals surface area contributed by atoms with Gasteiger partial charge >= 0.3 is 0 Å². The lowest BCUT2D eigenvalue weighted by atomic mass is 9.95. The molecule has 2 aliphatic heterocycles. The maximum Gasteiger partial charge on any atom is 0.227 e. The van der Waals surface area contributed by atoms with Crippen molar-refractivity contribution < 1.29 is 9.53 Å². The van der Waals surface area contributed by atoms with Gasteiger partial charge in [0, 0.05) is 49.0 Å². The number of hydrogen-bond acceptors (Lipinski definition) is 4. The van der Waals surface area contributed by atoms with Gasteiger partial charge in [0.05, 0.1) is 30.0 Å². The third-order valence-corrected chi connectivity index (χ3v) is 7.07. The number of carbonyl (C=O) groups excluding carboxylic acids is 1. The Labute approximate surface area is 196 Å². The van der Waals surface area contributed by atoms with Gasteiger partial charge in [-0.2, -0.15) is 5.10 Å². The lowest BCUT2D eigenvalue weighted by molar-refractivity contribution is -0.132. The predicted molar refractivity (Wildman–Crippen MR) is 128 cm³/mol. The van der Waals surface area contributed by atoms with Crippen molar-refractivity contribution in [2.75, 3.05) is 32.7 Å². The summed E-state index contributed by atoms with van der Waals surface area (Å²) in [6, 6.07) is 7.63. The van der Waals surface area contributed by atoms with Gasteiger partial charge in [-0.1, -0.05) is 11.6 Å². The first-order chi connectivity index (χ1) is 15.3. The van der Waals surface area contributed by atoms with Crippen molar-refractivity contribution >= 4 is 17.5 Å². The van der Waals surface area contributed by atoms with Crippen LogP contribution in [0, 0.1) is 19.8 Å². The van der Waals surface area contributed by atoms with Crippen LogP contribution in [0.25, 0.3) is 5.69 Å². The van der Waals surface area contributed by atoms with Crippen LogP contribution in [0.2, 0.25) is 5.02 Å². The van der Waals surface area contributed by atoms with Gasteiger partial charge in [-0.05, 0) is 70.7 Å². The number of piperidine rings is 1. The number of aromatic nitrogens is 2. The quantitative estimate of drug-likeness (QED) is 0.678. The second-order valence-electron chi connectivity index (χ2n) is 9.51. The standard InChI is InChI=1S/C25H35ClN4O2/c1-17-14-28(15-18(2)32-17)16-21-9-11-29(12-10-21)25(31)13-24-19(3)27-30(20(24)4)23-7-5-22(26)6-8-23/h5-8,17-18,21H,9-16H2,1-4H3. The van der Waals surface area contributed by atoms with Crippen molar-refractivity contribution in [3.8, 4) is 5.69 Å². The zero-order valence-electron chi connectivity index (χ0n) is 19.7. The molecule has 174 valence electrons. The van der Waals surface area contributed by atoms with E-state index in [1.165, 1.54) is 0 Å². The Kier molecular flexibility index (Phi) is 7.23. The summed E-state index contributed by atoms with van der Waals surface area (Å²) in [5.74, 6) is 0.867. The Morgan fingerprint density at radius 3 is 2.34 bits per heavy atom. The van der Waals surface area contributed by atoms with Gasteiger partial charge in [0.1, 0.15) is 0 Å². The number of ether oxygens (including phenoxy) is 1. The average molecular weight is 459 g/mol. The number of amides is 1. The normalized spacial score (nSPS) is 23.0. The van der Waals surface area contributed by atoms with Crippen LogP contribution >= 0.6 is 11.6 Å². The van der Waals surface area contributed by atoms with Gasteiger partial charge in [0.15, 0.2) is 0 Å². The molecule has 7 heteroatoms. The van der Waals surface area contributed by atoms with Crippen molar-refractivity contribution in [3.63, 3.8) is 0 Å². The van der Waals surface area contributed by atoms with Gasteiger partial charge in [0.25, 0.3) is 0 Å². The molecule has 2 aromatic rings. The fourth-order valence-corrected chi connectivity index (χ4v) is 5.32. The highest BCUT2D eigenvalue weighted by molar-refractivity contribution is 6.30. The first-order valence-electron chi connectivity index (χ1n) is 11.8.